The number of hydrogen-bond acceptors (Lipinski definition) is 4. The van der Waals surface area contributed by atoms with Crippen LogP contribution in [-0.4, -0.2) is 21.2 Å². The summed E-state index contributed by atoms with van der Waals surface area (Å²) < 4.78 is 21.0. The molecule has 1 saturated heterocycles. The van der Waals surface area contributed by atoms with Crippen molar-refractivity contribution < 1.29 is 18.7 Å². The van der Waals surface area contributed by atoms with Crippen molar-refractivity contribution in [1.29, 1.82) is 0 Å². The van der Waals surface area contributed by atoms with E-state index in [0.29, 0.717) is 33.6 Å². The summed E-state index contributed by atoms with van der Waals surface area (Å²) in [6, 6.07) is 21.1. The van der Waals surface area contributed by atoms with Crippen LogP contribution in [0.15, 0.2) is 89.5 Å². The summed E-state index contributed by atoms with van der Waals surface area (Å²) in [6.07, 6.45) is 1.68. The highest BCUT2D eigenvalue weighted by atomic mass is 32.1. The van der Waals surface area contributed by atoms with Gasteiger partial charge in [-0.3, -0.25) is 4.98 Å². The summed E-state index contributed by atoms with van der Waals surface area (Å²) in [5.74, 6) is -0.576. The van der Waals surface area contributed by atoms with E-state index in [1.807, 2.05) is 18.2 Å². The maximum atomic E-state index is 14.8. The SMILES string of the molecule is O=C(O)c1ccccc1-c1ccc(C2C(c3ccccn3)NC(=S)N2c2ccccc2F)o1. The van der Waals surface area contributed by atoms with Gasteiger partial charge in [-0.15, -0.1) is 0 Å². The first kappa shape index (κ1) is 20.8. The average Bonchev–Trinajstić information content (AvgIpc) is 3.44. The van der Waals surface area contributed by atoms with Crippen molar-refractivity contribution in [2.75, 3.05) is 4.90 Å². The largest absolute Gasteiger partial charge is 0.478 e. The van der Waals surface area contributed by atoms with E-state index in [1.54, 1.807) is 59.6 Å². The third-order valence-electron chi connectivity index (χ3n) is 5.55. The molecule has 5 rings (SSSR count). The second-order valence-electron chi connectivity index (χ2n) is 7.50. The van der Waals surface area contributed by atoms with Crippen molar-refractivity contribution in [1.82, 2.24) is 10.3 Å². The summed E-state index contributed by atoms with van der Waals surface area (Å²) >= 11 is 5.59. The van der Waals surface area contributed by atoms with Crippen molar-refractivity contribution in [3.63, 3.8) is 0 Å². The molecule has 0 spiro atoms. The minimum atomic E-state index is -1.05. The molecule has 0 bridgehead atoms. The number of para-hydroxylation sites is 1. The highest BCUT2D eigenvalue weighted by Gasteiger charge is 2.43. The van der Waals surface area contributed by atoms with Gasteiger partial charge in [0.15, 0.2) is 5.11 Å². The smallest absolute Gasteiger partial charge is 0.336 e. The van der Waals surface area contributed by atoms with Crippen molar-refractivity contribution in [3.05, 3.63) is 108 Å². The zero-order valence-corrected chi connectivity index (χ0v) is 18.0. The van der Waals surface area contributed by atoms with Crippen molar-refractivity contribution >= 4 is 29.0 Å². The normalized spacial score (nSPS) is 17.7. The standard InChI is InChI=1S/C25H18FN3O3S/c26-17-9-3-4-11-19(17)29-23(22(28-25(29)33)18-10-5-6-14-27-18)21-13-12-20(32-21)15-7-1-2-8-16(15)24(30)31/h1-14,22-23H,(H,28,33)(H,30,31). The predicted octanol–water partition coefficient (Wildman–Crippen LogP) is 5.36. The van der Waals surface area contributed by atoms with Crippen LogP contribution in [-0.2, 0) is 0 Å². The molecule has 8 heteroatoms. The van der Waals surface area contributed by atoms with Gasteiger partial charge in [-0.1, -0.05) is 36.4 Å². The van der Waals surface area contributed by atoms with Gasteiger partial charge in [-0.05, 0) is 54.7 Å². The topological polar surface area (TPSA) is 78.6 Å². The van der Waals surface area contributed by atoms with E-state index < -0.39 is 23.9 Å². The van der Waals surface area contributed by atoms with E-state index >= 15 is 0 Å². The van der Waals surface area contributed by atoms with Gasteiger partial charge in [0.05, 0.1) is 23.0 Å². The van der Waals surface area contributed by atoms with Crippen LogP contribution in [0.3, 0.4) is 0 Å². The van der Waals surface area contributed by atoms with Gasteiger partial charge in [-0.25, -0.2) is 9.18 Å². The zero-order valence-electron chi connectivity index (χ0n) is 17.2. The Hall–Kier alpha value is -4.04. The number of thiocarbonyl (C=S) groups is 1. The molecule has 33 heavy (non-hydrogen) atoms. The van der Waals surface area contributed by atoms with Crippen molar-refractivity contribution in [2.45, 2.75) is 12.1 Å². The number of furan rings is 1. The van der Waals surface area contributed by atoms with Crippen LogP contribution < -0.4 is 10.2 Å². The zero-order chi connectivity index (χ0) is 22.9. The average molecular weight is 460 g/mol. The van der Waals surface area contributed by atoms with E-state index in [0.717, 1.165) is 0 Å². The Morgan fingerprint density at radius 2 is 1.79 bits per heavy atom. The molecule has 0 amide bonds. The summed E-state index contributed by atoms with van der Waals surface area (Å²) in [7, 11) is 0. The molecule has 3 heterocycles. The van der Waals surface area contributed by atoms with Crippen LogP contribution in [0.5, 0.6) is 0 Å². The van der Waals surface area contributed by atoms with Crippen LogP contribution in [0.25, 0.3) is 11.3 Å². The third kappa shape index (κ3) is 3.74. The van der Waals surface area contributed by atoms with Crippen LogP contribution in [0.4, 0.5) is 10.1 Å². The fourth-order valence-corrected chi connectivity index (χ4v) is 4.43. The van der Waals surface area contributed by atoms with Gasteiger partial charge in [-0.2, -0.15) is 0 Å². The molecule has 1 aliphatic rings. The van der Waals surface area contributed by atoms with Gasteiger partial charge in [0.25, 0.3) is 0 Å². The number of nitrogens with zero attached hydrogens (tertiary/aromatic N) is 2. The van der Waals surface area contributed by atoms with Crippen LogP contribution in [0.2, 0.25) is 0 Å². The number of pyridine rings is 1. The number of anilines is 1. The summed E-state index contributed by atoms with van der Waals surface area (Å²) in [5, 5.41) is 13.1. The first-order valence-corrected chi connectivity index (χ1v) is 10.6. The van der Waals surface area contributed by atoms with E-state index in [2.05, 4.69) is 10.3 Å². The molecular weight excluding hydrogens is 441 g/mol. The number of carboxylic acid groups (broad SMARTS) is 1. The Labute approximate surface area is 194 Å². The summed E-state index contributed by atoms with van der Waals surface area (Å²) in [6.45, 7) is 0. The lowest BCUT2D eigenvalue weighted by atomic mass is 10.0. The third-order valence-corrected chi connectivity index (χ3v) is 5.87. The Balaban J connectivity index is 1.63. The highest BCUT2D eigenvalue weighted by molar-refractivity contribution is 7.80. The lowest BCUT2D eigenvalue weighted by Crippen LogP contribution is -2.30. The van der Waals surface area contributed by atoms with E-state index in [-0.39, 0.29) is 5.56 Å². The number of aromatic nitrogens is 1. The van der Waals surface area contributed by atoms with E-state index in [1.165, 1.54) is 12.1 Å². The molecule has 1 aliphatic heterocycles. The van der Waals surface area contributed by atoms with Crippen LogP contribution >= 0.6 is 12.2 Å². The van der Waals surface area contributed by atoms with Crippen molar-refractivity contribution in [2.24, 2.45) is 0 Å². The minimum Gasteiger partial charge on any atom is -0.478 e. The lowest BCUT2D eigenvalue weighted by Gasteiger charge is -2.26. The first-order chi connectivity index (χ1) is 16.0. The molecular formula is C25H18FN3O3S. The van der Waals surface area contributed by atoms with Crippen LogP contribution in [0.1, 0.15) is 33.9 Å². The predicted molar refractivity (Wildman–Crippen MR) is 125 cm³/mol. The number of aromatic carboxylic acids is 1. The second-order valence-corrected chi connectivity index (χ2v) is 7.89. The molecule has 0 saturated carbocycles. The van der Waals surface area contributed by atoms with E-state index in [9.17, 15) is 14.3 Å². The lowest BCUT2D eigenvalue weighted by molar-refractivity contribution is 0.0697. The molecule has 2 aromatic carbocycles. The number of rotatable bonds is 5. The fourth-order valence-electron chi connectivity index (χ4n) is 4.09. The molecule has 2 unspecified atom stereocenters. The quantitative estimate of drug-likeness (QED) is 0.389. The number of halogens is 1. The van der Waals surface area contributed by atoms with E-state index in [4.69, 9.17) is 16.6 Å². The number of carboxylic acids is 1. The molecule has 6 nitrogen and oxygen atoms in total. The van der Waals surface area contributed by atoms with Gasteiger partial charge < -0.3 is 19.7 Å². The molecule has 2 N–H and O–H groups in total. The Morgan fingerprint density at radius 1 is 1.03 bits per heavy atom. The first-order valence-electron chi connectivity index (χ1n) is 10.2. The van der Waals surface area contributed by atoms with Crippen LogP contribution in [0, 0.1) is 5.82 Å². The van der Waals surface area contributed by atoms with Gasteiger partial charge in [0.2, 0.25) is 0 Å². The Morgan fingerprint density at radius 3 is 2.55 bits per heavy atom. The molecule has 2 atom stereocenters. The Kier molecular flexibility index (Phi) is 5.35. The summed E-state index contributed by atoms with van der Waals surface area (Å²) in [5.41, 5.74) is 1.61. The molecule has 0 aliphatic carbocycles. The molecule has 164 valence electrons. The number of hydrogen-bond donors (Lipinski definition) is 2. The number of carbonyl (C=O) groups is 1. The Bertz CT molecular complexity index is 1340. The van der Waals surface area contributed by atoms with Gasteiger partial charge in [0, 0.05) is 11.8 Å². The molecule has 4 aromatic rings. The molecule has 1 fully saturated rings. The monoisotopic (exact) mass is 459 g/mol. The van der Waals surface area contributed by atoms with Gasteiger partial charge in [0.1, 0.15) is 23.4 Å². The number of nitrogens with one attached hydrogen (secondary N) is 1. The van der Waals surface area contributed by atoms with Gasteiger partial charge >= 0.3 is 5.97 Å². The minimum absolute atomic E-state index is 0.130. The highest BCUT2D eigenvalue weighted by Crippen LogP contribution is 2.43. The number of benzene rings is 2. The molecule has 0 radical (unpaired) electrons. The second kappa shape index (κ2) is 8.48. The van der Waals surface area contributed by atoms with Crippen molar-refractivity contribution in [3.8, 4) is 11.3 Å². The maximum absolute atomic E-state index is 14.8. The summed E-state index contributed by atoms with van der Waals surface area (Å²) in [4.78, 5) is 17.8. The maximum Gasteiger partial charge on any atom is 0.336 e. The molecule has 2 aromatic heterocycles. The fraction of sp³-hybridized carbons (Fsp3) is 0.0800.